The molecule has 0 saturated carbocycles. The number of hydrogen-bond acceptors (Lipinski definition) is 2. The Morgan fingerprint density at radius 1 is 0.903 bits per heavy atom. The maximum absolute atomic E-state index is 13.7. The number of carbonyl (C=O) groups excluding carboxylic acids is 2. The van der Waals surface area contributed by atoms with Crippen molar-refractivity contribution >= 4 is 17.5 Å². The van der Waals surface area contributed by atoms with Gasteiger partial charge in [-0.25, -0.2) is 8.78 Å². The van der Waals surface area contributed by atoms with Crippen LogP contribution in [-0.4, -0.2) is 18.4 Å². The second-order valence-corrected chi connectivity index (χ2v) is 6.96. The van der Waals surface area contributed by atoms with Crippen LogP contribution >= 0.6 is 0 Å². The van der Waals surface area contributed by atoms with Crippen molar-refractivity contribution in [3.63, 3.8) is 0 Å². The van der Waals surface area contributed by atoms with Gasteiger partial charge in [-0.15, -0.1) is 6.58 Å². The highest BCUT2D eigenvalue weighted by Crippen LogP contribution is 2.22. The summed E-state index contributed by atoms with van der Waals surface area (Å²) in [4.78, 5) is 26.5. The van der Waals surface area contributed by atoms with Crippen LogP contribution in [0.25, 0.3) is 0 Å². The molecular weight excluding hydrogens is 398 g/mol. The molecule has 0 saturated heterocycles. The van der Waals surface area contributed by atoms with Gasteiger partial charge in [-0.1, -0.05) is 36.4 Å². The molecule has 0 radical (unpaired) electrons. The number of nitrogens with zero attached hydrogens (tertiary/aromatic N) is 1. The maximum atomic E-state index is 13.7. The van der Waals surface area contributed by atoms with Crippen molar-refractivity contribution in [3.8, 4) is 0 Å². The zero-order valence-corrected chi connectivity index (χ0v) is 16.9. The van der Waals surface area contributed by atoms with Crippen molar-refractivity contribution in [1.29, 1.82) is 0 Å². The third-order valence-electron chi connectivity index (χ3n) is 4.63. The first kappa shape index (κ1) is 21.9. The Kier molecular flexibility index (Phi) is 7.27. The number of carbonyl (C=O) groups is 2. The summed E-state index contributed by atoms with van der Waals surface area (Å²) in [6.45, 7) is 4.13. The van der Waals surface area contributed by atoms with Crippen molar-refractivity contribution in [2.75, 3.05) is 11.4 Å². The molecule has 2 amide bonds. The molecule has 0 aliphatic heterocycles. The average Bonchev–Trinajstić information content (AvgIpc) is 2.77. The second-order valence-electron chi connectivity index (χ2n) is 6.96. The fourth-order valence-electron chi connectivity index (χ4n) is 3.06. The fraction of sp³-hybridized carbons (Fsp3) is 0.120. The number of hydrogen-bond donors (Lipinski definition) is 1. The molecule has 3 aromatic carbocycles. The third kappa shape index (κ3) is 6.09. The minimum atomic E-state index is -0.506. The van der Waals surface area contributed by atoms with E-state index in [2.05, 4.69) is 11.9 Å². The molecule has 0 heterocycles. The second kappa shape index (κ2) is 10.3. The van der Waals surface area contributed by atoms with Gasteiger partial charge in [-0.05, 0) is 53.6 Å². The Morgan fingerprint density at radius 2 is 1.58 bits per heavy atom. The highest BCUT2D eigenvalue weighted by Gasteiger charge is 2.19. The number of benzene rings is 3. The molecular formula is C25H22F2N2O2. The zero-order valence-electron chi connectivity index (χ0n) is 16.9. The van der Waals surface area contributed by atoms with Gasteiger partial charge in [0.05, 0.1) is 13.0 Å². The van der Waals surface area contributed by atoms with E-state index in [1.165, 1.54) is 35.2 Å². The molecule has 0 aromatic heterocycles. The van der Waals surface area contributed by atoms with Gasteiger partial charge in [0.15, 0.2) is 0 Å². The molecule has 0 aliphatic carbocycles. The minimum absolute atomic E-state index is 0.133. The standard InChI is InChI=1S/C25H22F2N2O2/c1-2-14-28-24(30)15-18-8-12-23(13-9-18)29(17-19-6-10-21(26)11-7-19)25(31)20-4-3-5-22(27)16-20/h2-13,16H,1,14-15,17H2,(H,28,30). The van der Waals surface area contributed by atoms with E-state index >= 15 is 0 Å². The summed E-state index contributed by atoms with van der Waals surface area (Å²) in [5, 5.41) is 2.71. The summed E-state index contributed by atoms with van der Waals surface area (Å²) in [7, 11) is 0. The molecule has 158 valence electrons. The number of halogens is 2. The van der Waals surface area contributed by atoms with Crippen LogP contribution in [0, 0.1) is 11.6 Å². The third-order valence-corrected chi connectivity index (χ3v) is 4.63. The first-order valence-corrected chi connectivity index (χ1v) is 9.74. The normalized spacial score (nSPS) is 10.4. The highest BCUT2D eigenvalue weighted by molar-refractivity contribution is 6.06. The Morgan fingerprint density at radius 3 is 2.23 bits per heavy atom. The molecule has 3 rings (SSSR count). The SMILES string of the molecule is C=CCNC(=O)Cc1ccc(N(Cc2ccc(F)cc2)C(=O)c2cccc(F)c2)cc1. The van der Waals surface area contributed by atoms with Gasteiger partial charge in [-0.2, -0.15) is 0 Å². The van der Waals surface area contributed by atoms with E-state index in [0.29, 0.717) is 12.2 Å². The predicted molar refractivity (Wildman–Crippen MR) is 117 cm³/mol. The van der Waals surface area contributed by atoms with Crippen LogP contribution < -0.4 is 10.2 Å². The van der Waals surface area contributed by atoms with Crippen molar-refractivity contribution in [2.45, 2.75) is 13.0 Å². The summed E-state index contributed by atoms with van der Waals surface area (Å²) >= 11 is 0. The van der Waals surface area contributed by atoms with Crippen LogP contribution in [0.5, 0.6) is 0 Å². The molecule has 0 atom stereocenters. The molecule has 0 bridgehead atoms. The Labute approximate surface area is 179 Å². The van der Waals surface area contributed by atoms with Gasteiger partial charge in [0.25, 0.3) is 5.91 Å². The van der Waals surface area contributed by atoms with Crippen molar-refractivity contribution in [3.05, 3.63) is 114 Å². The van der Waals surface area contributed by atoms with E-state index in [1.807, 2.05) is 0 Å². The molecule has 0 fully saturated rings. The van der Waals surface area contributed by atoms with Crippen LogP contribution in [0.2, 0.25) is 0 Å². The first-order valence-electron chi connectivity index (χ1n) is 9.74. The summed E-state index contributed by atoms with van der Waals surface area (Å²) in [6.07, 6.45) is 1.80. The number of rotatable bonds is 8. The van der Waals surface area contributed by atoms with Gasteiger partial charge >= 0.3 is 0 Å². The quantitative estimate of drug-likeness (QED) is 0.539. The first-order chi connectivity index (χ1) is 15.0. The molecule has 1 N–H and O–H groups in total. The topological polar surface area (TPSA) is 49.4 Å². The lowest BCUT2D eigenvalue weighted by Gasteiger charge is -2.23. The predicted octanol–water partition coefficient (Wildman–Crippen LogP) is 4.66. The minimum Gasteiger partial charge on any atom is -0.352 e. The molecule has 6 heteroatoms. The van der Waals surface area contributed by atoms with Crippen LogP contribution in [-0.2, 0) is 17.8 Å². The van der Waals surface area contributed by atoms with Gasteiger partial charge in [0, 0.05) is 17.8 Å². The lowest BCUT2D eigenvalue weighted by molar-refractivity contribution is -0.120. The number of nitrogens with one attached hydrogen (secondary N) is 1. The lowest BCUT2D eigenvalue weighted by Crippen LogP contribution is -2.30. The lowest BCUT2D eigenvalue weighted by atomic mass is 10.1. The monoisotopic (exact) mass is 420 g/mol. The Hall–Kier alpha value is -3.80. The van der Waals surface area contributed by atoms with Crippen LogP contribution in [0.3, 0.4) is 0 Å². The summed E-state index contributed by atoms with van der Waals surface area (Å²) in [5.74, 6) is -1.40. The smallest absolute Gasteiger partial charge is 0.258 e. The van der Waals surface area contributed by atoms with Gasteiger partial charge in [-0.3, -0.25) is 9.59 Å². The van der Waals surface area contributed by atoms with Crippen LogP contribution in [0.4, 0.5) is 14.5 Å². The molecule has 3 aromatic rings. The maximum Gasteiger partial charge on any atom is 0.258 e. The van der Waals surface area contributed by atoms with Crippen molar-refractivity contribution < 1.29 is 18.4 Å². The highest BCUT2D eigenvalue weighted by atomic mass is 19.1. The fourth-order valence-corrected chi connectivity index (χ4v) is 3.06. The summed E-state index contributed by atoms with van der Waals surface area (Å²) < 4.78 is 27.0. The molecule has 0 spiro atoms. The largest absolute Gasteiger partial charge is 0.352 e. The van der Waals surface area contributed by atoms with E-state index in [4.69, 9.17) is 0 Å². The zero-order chi connectivity index (χ0) is 22.2. The number of amides is 2. The number of anilines is 1. The Balaban J connectivity index is 1.86. The van der Waals surface area contributed by atoms with E-state index in [9.17, 15) is 18.4 Å². The summed E-state index contributed by atoms with van der Waals surface area (Å²) in [5.41, 5.74) is 2.29. The van der Waals surface area contributed by atoms with Crippen LogP contribution in [0.15, 0.2) is 85.5 Å². The van der Waals surface area contributed by atoms with E-state index in [-0.39, 0.29) is 36.2 Å². The average molecular weight is 420 g/mol. The molecule has 0 aliphatic rings. The van der Waals surface area contributed by atoms with E-state index < -0.39 is 5.82 Å². The van der Waals surface area contributed by atoms with E-state index in [0.717, 1.165) is 11.1 Å². The van der Waals surface area contributed by atoms with Gasteiger partial charge in [0.2, 0.25) is 5.91 Å². The van der Waals surface area contributed by atoms with Gasteiger partial charge in [0.1, 0.15) is 11.6 Å². The van der Waals surface area contributed by atoms with Crippen molar-refractivity contribution in [1.82, 2.24) is 5.32 Å². The Bertz CT molecular complexity index is 1060. The van der Waals surface area contributed by atoms with Crippen LogP contribution in [0.1, 0.15) is 21.5 Å². The molecule has 31 heavy (non-hydrogen) atoms. The van der Waals surface area contributed by atoms with E-state index in [1.54, 1.807) is 48.5 Å². The molecule has 0 unspecified atom stereocenters. The molecule has 4 nitrogen and oxygen atoms in total. The van der Waals surface area contributed by atoms with Gasteiger partial charge < -0.3 is 10.2 Å². The van der Waals surface area contributed by atoms with Crippen molar-refractivity contribution in [2.24, 2.45) is 0 Å². The summed E-state index contributed by atoms with van der Waals surface area (Å²) in [6, 6.07) is 18.3.